The van der Waals surface area contributed by atoms with Gasteiger partial charge in [0.05, 0.1) is 31.1 Å². The van der Waals surface area contributed by atoms with Gasteiger partial charge in [-0.2, -0.15) is 0 Å². The van der Waals surface area contributed by atoms with Crippen LogP contribution in [0.2, 0.25) is 23.2 Å². The number of carbonyl (C=O) groups is 1. The van der Waals surface area contributed by atoms with Crippen LogP contribution in [0.1, 0.15) is 67.9 Å². The Morgan fingerprint density at radius 2 is 1.90 bits per heavy atom. The molecular formula is C33H48ClNO6Si. The third-order valence-electron chi connectivity index (χ3n) is 9.55. The summed E-state index contributed by atoms with van der Waals surface area (Å²) in [4.78, 5) is 14.9. The lowest BCUT2D eigenvalue weighted by atomic mass is 9.69. The average molecular weight is 618 g/mol. The number of aryl methyl sites for hydroxylation is 1. The summed E-state index contributed by atoms with van der Waals surface area (Å²) in [7, 11) is -0.798. The molecule has 2 aromatic rings. The maximum absolute atomic E-state index is 12.5. The van der Waals surface area contributed by atoms with E-state index in [9.17, 15) is 15.0 Å². The van der Waals surface area contributed by atoms with Gasteiger partial charge in [0.1, 0.15) is 18.5 Å². The van der Waals surface area contributed by atoms with Crippen molar-refractivity contribution in [3.63, 3.8) is 0 Å². The molecule has 1 aliphatic heterocycles. The van der Waals surface area contributed by atoms with Crippen LogP contribution in [-0.4, -0.2) is 63.5 Å². The van der Waals surface area contributed by atoms with Crippen LogP contribution in [0, 0.1) is 11.8 Å². The number of ether oxygens (including phenoxy) is 2. The fourth-order valence-electron chi connectivity index (χ4n) is 5.79. The van der Waals surface area contributed by atoms with Gasteiger partial charge in [-0.25, -0.2) is 4.79 Å². The molecule has 1 fully saturated rings. The van der Waals surface area contributed by atoms with Crippen molar-refractivity contribution in [2.75, 3.05) is 31.7 Å². The van der Waals surface area contributed by atoms with Crippen molar-refractivity contribution in [2.24, 2.45) is 11.8 Å². The minimum Gasteiger partial charge on any atom is -0.487 e. The lowest BCUT2D eigenvalue weighted by molar-refractivity contribution is -0.0730. The molecule has 0 aromatic heterocycles. The summed E-state index contributed by atoms with van der Waals surface area (Å²) < 4.78 is 18.2. The highest BCUT2D eigenvalue weighted by Crippen LogP contribution is 2.45. The molecule has 2 aliphatic rings. The first-order chi connectivity index (χ1) is 19.8. The molecule has 9 heteroatoms. The van der Waals surface area contributed by atoms with Crippen molar-refractivity contribution in [3.05, 3.63) is 58.1 Å². The monoisotopic (exact) mass is 617 g/mol. The zero-order valence-electron chi connectivity index (χ0n) is 26.0. The summed E-state index contributed by atoms with van der Waals surface area (Å²) in [6.07, 6.45) is 3.45. The molecule has 4 rings (SSSR count). The summed E-state index contributed by atoms with van der Waals surface area (Å²) in [6, 6.07) is 11.4. The second kappa shape index (κ2) is 13.7. The number of hydrogen-bond acceptors (Lipinski definition) is 7. The van der Waals surface area contributed by atoms with Crippen LogP contribution in [0.25, 0.3) is 0 Å². The maximum Gasteiger partial charge on any atom is 0.337 e. The summed E-state index contributed by atoms with van der Waals surface area (Å²) in [5, 5.41) is 21.6. The van der Waals surface area contributed by atoms with Crippen molar-refractivity contribution < 1.29 is 28.9 Å². The van der Waals surface area contributed by atoms with Crippen molar-refractivity contribution in [2.45, 2.75) is 89.8 Å². The molecule has 1 unspecified atom stereocenters. The Morgan fingerprint density at radius 3 is 2.55 bits per heavy atom. The zero-order valence-corrected chi connectivity index (χ0v) is 27.7. The third-order valence-corrected chi connectivity index (χ3v) is 14.3. The van der Waals surface area contributed by atoms with Gasteiger partial charge >= 0.3 is 5.97 Å². The summed E-state index contributed by atoms with van der Waals surface area (Å²) in [5.41, 5.74) is 3.65. The topological polar surface area (TPSA) is 88.5 Å². The fraction of sp³-hybridized carbons (Fsp3) is 0.606. The minimum atomic E-state index is -2.19. The molecule has 232 valence electrons. The Balaban J connectivity index is 1.64. The van der Waals surface area contributed by atoms with Crippen molar-refractivity contribution in [1.82, 2.24) is 0 Å². The molecule has 0 spiro atoms. The second-order valence-electron chi connectivity index (χ2n) is 13.4. The normalized spacial score (nSPS) is 21.1. The number of aliphatic hydroxyl groups excluding tert-OH is 2. The van der Waals surface area contributed by atoms with E-state index in [4.69, 9.17) is 25.5 Å². The Bertz CT molecular complexity index is 1230. The molecule has 0 amide bonds. The van der Waals surface area contributed by atoms with Gasteiger partial charge in [0.15, 0.2) is 8.32 Å². The zero-order chi connectivity index (χ0) is 30.7. The first kappa shape index (κ1) is 32.8. The Kier molecular flexibility index (Phi) is 10.7. The first-order valence-electron chi connectivity index (χ1n) is 15.2. The number of aliphatic hydroxyl groups is 2. The van der Waals surface area contributed by atoms with Gasteiger partial charge in [0, 0.05) is 18.1 Å². The van der Waals surface area contributed by atoms with E-state index in [1.807, 2.05) is 30.3 Å². The Morgan fingerprint density at radius 1 is 1.14 bits per heavy atom. The molecule has 0 bridgehead atoms. The lowest BCUT2D eigenvalue weighted by Gasteiger charge is -2.49. The predicted molar refractivity (Wildman–Crippen MR) is 170 cm³/mol. The van der Waals surface area contributed by atoms with E-state index in [1.54, 1.807) is 6.07 Å². The van der Waals surface area contributed by atoms with Gasteiger partial charge in [-0.15, -0.1) is 0 Å². The van der Waals surface area contributed by atoms with Gasteiger partial charge in [0.2, 0.25) is 0 Å². The smallest absolute Gasteiger partial charge is 0.337 e. The number of rotatable bonds is 8. The average Bonchev–Trinajstić information content (AvgIpc) is 2.96. The molecule has 1 heterocycles. The van der Waals surface area contributed by atoms with Gasteiger partial charge in [-0.05, 0) is 104 Å². The number of carbonyl (C=O) groups excluding carboxylic acids is 1. The summed E-state index contributed by atoms with van der Waals surface area (Å²) >= 11 is 6.32. The summed E-state index contributed by atoms with van der Waals surface area (Å²) in [5.74, 6) is 0.712. The predicted octanol–water partition coefficient (Wildman–Crippen LogP) is 6.62. The minimum absolute atomic E-state index is 0.0135. The number of nitrogens with zero attached hydrogens (tertiary/aromatic N) is 1. The largest absolute Gasteiger partial charge is 0.487 e. The van der Waals surface area contributed by atoms with E-state index >= 15 is 0 Å². The van der Waals surface area contributed by atoms with Gasteiger partial charge in [0.25, 0.3) is 0 Å². The molecule has 4 atom stereocenters. The molecular weight excluding hydrogens is 570 g/mol. The van der Waals surface area contributed by atoms with E-state index in [0.717, 1.165) is 61.5 Å². The SMILES string of the molecule is COC(=O)c1ccc2c(c1)N(C[C@@H]1CC[C@H]1C(O[Si](C)(C)C(C)(C)C)[C@H](O)CO)CCCCc1cc(Cl)ccc1CO2. The molecule has 0 saturated heterocycles. The number of benzene rings is 2. The van der Waals surface area contributed by atoms with E-state index in [1.165, 1.54) is 12.7 Å². The van der Waals surface area contributed by atoms with Crippen molar-refractivity contribution >= 4 is 31.6 Å². The second-order valence-corrected chi connectivity index (χ2v) is 18.6. The quantitative estimate of drug-likeness (QED) is 0.254. The molecule has 0 radical (unpaired) electrons. The standard InChI is InChI=1S/C33H48ClNO6Si/c1-33(2,3)42(5,6)41-31(29(37)20-36)27-14-11-24(27)19-35-16-8-7-9-22-17-26(34)13-10-25(22)21-40-30-15-12-23(18-28(30)35)32(38)39-4/h10,12-13,15,17-18,24,27,29,31,36-37H,7-9,11,14,16,19-21H2,1-6H3/t24-,27+,29+,31?/m0/s1. The highest BCUT2D eigenvalue weighted by Gasteiger charge is 2.47. The van der Waals surface area contributed by atoms with E-state index < -0.39 is 20.5 Å². The third kappa shape index (κ3) is 7.51. The van der Waals surface area contributed by atoms with E-state index in [-0.39, 0.29) is 29.5 Å². The molecule has 2 aromatic carbocycles. The molecule has 2 N–H and O–H groups in total. The number of hydrogen-bond donors (Lipinski definition) is 2. The van der Waals surface area contributed by atoms with Crippen LogP contribution < -0.4 is 9.64 Å². The number of halogens is 1. The van der Waals surface area contributed by atoms with Crippen LogP contribution in [0.15, 0.2) is 36.4 Å². The highest BCUT2D eigenvalue weighted by molar-refractivity contribution is 6.74. The van der Waals surface area contributed by atoms with Gasteiger partial charge in [-0.3, -0.25) is 0 Å². The molecule has 1 saturated carbocycles. The van der Waals surface area contributed by atoms with Crippen LogP contribution in [0.3, 0.4) is 0 Å². The summed E-state index contributed by atoms with van der Waals surface area (Å²) in [6.45, 7) is 12.6. The van der Waals surface area contributed by atoms with Crippen molar-refractivity contribution in [1.29, 1.82) is 0 Å². The number of methoxy groups -OCH3 is 1. The van der Waals surface area contributed by atoms with Crippen LogP contribution in [0.5, 0.6) is 5.75 Å². The van der Waals surface area contributed by atoms with Crippen LogP contribution in [-0.2, 0) is 22.2 Å². The van der Waals surface area contributed by atoms with E-state index in [2.05, 4.69) is 38.8 Å². The van der Waals surface area contributed by atoms with Crippen LogP contribution in [0.4, 0.5) is 5.69 Å². The Labute approximate surface area is 257 Å². The lowest BCUT2D eigenvalue weighted by Crippen LogP contribution is -2.55. The fourth-order valence-corrected chi connectivity index (χ4v) is 7.35. The molecule has 1 aliphatic carbocycles. The number of esters is 1. The molecule has 42 heavy (non-hydrogen) atoms. The van der Waals surface area contributed by atoms with Gasteiger partial charge < -0.3 is 29.0 Å². The van der Waals surface area contributed by atoms with Crippen molar-refractivity contribution in [3.8, 4) is 5.75 Å². The van der Waals surface area contributed by atoms with Crippen LogP contribution >= 0.6 is 11.6 Å². The van der Waals surface area contributed by atoms with Gasteiger partial charge in [-0.1, -0.05) is 38.4 Å². The first-order valence-corrected chi connectivity index (χ1v) is 18.5. The number of fused-ring (bicyclic) bond motifs is 2. The Hall–Kier alpha value is -2.10. The highest BCUT2D eigenvalue weighted by atomic mass is 35.5. The number of anilines is 1. The molecule has 7 nitrogen and oxygen atoms in total. The maximum atomic E-state index is 12.5. The van der Waals surface area contributed by atoms with E-state index in [0.29, 0.717) is 17.9 Å².